The highest BCUT2D eigenvalue weighted by atomic mass is 19.4. The molecule has 11 heteroatoms. The zero-order chi connectivity index (χ0) is 22.9. The summed E-state index contributed by atoms with van der Waals surface area (Å²) in [6.45, 7) is 1.68. The Kier molecular flexibility index (Phi) is 5.47. The van der Waals surface area contributed by atoms with Crippen molar-refractivity contribution in [2.75, 3.05) is 6.54 Å². The minimum Gasteiger partial charge on any atom is -0.350 e. The second kappa shape index (κ2) is 8.25. The molecule has 0 atom stereocenters. The van der Waals surface area contributed by atoms with E-state index in [2.05, 4.69) is 20.6 Å². The first-order chi connectivity index (χ1) is 15.2. The van der Waals surface area contributed by atoms with E-state index < -0.39 is 28.8 Å². The fraction of sp³-hybridized carbons (Fsp3) is 0.190. The van der Waals surface area contributed by atoms with E-state index in [1.165, 1.54) is 19.1 Å². The summed E-state index contributed by atoms with van der Waals surface area (Å²) >= 11 is 0. The Morgan fingerprint density at radius 3 is 2.69 bits per heavy atom. The van der Waals surface area contributed by atoms with Gasteiger partial charge in [0.1, 0.15) is 5.82 Å². The van der Waals surface area contributed by atoms with Crippen LogP contribution >= 0.6 is 0 Å². The number of benzene rings is 1. The van der Waals surface area contributed by atoms with E-state index in [4.69, 9.17) is 0 Å². The van der Waals surface area contributed by atoms with Crippen LogP contribution in [-0.4, -0.2) is 36.8 Å². The number of hydrogen-bond donors (Lipinski definition) is 1. The molecule has 4 aromatic rings. The first kappa shape index (κ1) is 21.2. The Labute approximate surface area is 179 Å². The third-order valence-electron chi connectivity index (χ3n) is 4.76. The van der Waals surface area contributed by atoms with Crippen LogP contribution in [0, 0.1) is 6.92 Å². The van der Waals surface area contributed by atoms with Gasteiger partial charge in [0.2, 0.25) is 5.43 Å². The normalized spacial score (nSPS) is 11.6. The number of aryl methyl sites for hydroxylation is 1. The number of rotatable bonds is 5. The molecule has 164 valence electrons. The van der Waals surface area contributed by atoms with E-state index in [9.17, 15) is 22.8 Å². The molecule has 3 aromatic heterocycles. The zero-order valence-electron chi connectivity index (χ0n) is 16.8. The molecule has 0 fully saturated rings. The van der Waals surface area contributed by atoms with Crippen LogP contribution in [0.5, 0.6) is 0 Å². The predicted molar refractivity (Wildman–Crippen MR) is 109 cm³/mol. The standard InChI is InChI=1S/C21H17F3N6O2/c1-13-11-16(31)19(28-30(13)15-6-4-5-14(12-15)21(22,23)24)20(32)25-9-8-18-27-26-17-7-2-3-10-29(17)18/h2-7,10-12H,8-9H2,1H3,(H,25,32). The topological polar surface area (TPSA) is 94.2 Å². The van der Waals surface area contributed by atoms with E-state index in [1.54, 1.807) is 16.7 Å². The number of nitrogens with zero attached hydrogens (tertiary/aromatic N) is 5. The quantitative estimate of drug-likeness (QED) is 0.513. The zero-order valence-corrected chi connectivity index (χ0v) is 16.8. The number of nitrogens with one attached hydrogen (secondary N) is 1. The van der Waals surface area contributed by atoms with E-state index in [0.717, 1.165) is 22.9 Å². The van der Waals surface area contributed by atoms with Gasteiger partial charge < -0.3 is 5.32 Å². The minimum atomic E-state index is -4.53. The van der Waals surface area contributed by atoms with Gasteiger partial charge in [0.25, 0.3) is 5.91 Å². The van der Waals surface area contributed by atoms with Crippen LogP contribution < -0.4 is 10.7 Å². The lowest BCUT2D eigenvalue weighted by atomic mass is 10.2. The van der Waals surface area contributed by atoms with Gasteiger partial charge in [-0.2, -0.15) is 18.3 Å². The summed E-state index contributed by atoms with van der Waals surface area (Å²) in [5.74, 6) is -0.108. The number of amides is 1. The minimum absolute atomic E-state index is 0.0845. The van der Waals surface area contributed by atoms with Crippen molar-refractivity contribution in [2.45, 2.75) is 19.5 Å². The van der Waals surface area contributed by atoms with Gasteiger partial charge in [0.15, 0.2) is 11.3 Å². The van der Waals surface area contributed by atoms with Crippen LogP contribution in [0.4, 0.5) is 13.2 Å². The number of carbonyl (C=O) groups is 1. The SMILES string of the molecule is Cc1cc(=O)c(C(=O)NCCc2nnc3ccccn23)nn1-c1cccc(C(F)(F)F)c1. The molecule has 0 aliphatic carbocycles. The van der Waals surface area contributed by atoms with Crippen LogP contribution in [0.1, 0.15) is 27.6 Å². The number of aromatic nitrogens is 5. The number of halogens is 3. The number of pyridine rings is 1. The molecule has 0 aliphatic heterocycles. The molecule has 0 saturated heterocycles. The number of fused-ring (bicyclic) bond motifs is 1. The smallest absolute Gasteiger partial charge is 0.350 e. The summed E-state index contributed by atoms with van der Waals surface area (Å²) in [6, 6.07) is 11.1. The molecule has 1 aromatic carbocycles. The lowest BCUT2D eigenvalue weighted by Crippen LogP contribution is -2.33. The Balaban J connectivity index is 1.55. The summed E-state index contributed by atoms with van der Waals surface area (Å²) in [5.41, 5.74) is -0.864. The molecular weight excluding hydrogens is 425 g/mol. The van der Waals surface area contributed by atoms with Crippen LogP contribution in [0.2, 0.25) is 0 Å². The highest BCUT2D eigenvalue weighted by Gasteiger charge is 2.30. The van der Waals surface area contributed by atoms with Crippen LogP contribution in [0.3, 0.4) is 0 Å². The maximum absolute atomic E-state index is 13.1. The largest absolute Gasteiger partial charge is 0.416 e. The first-order valence-electron chi connectivity index (χ1n) is 9.59. The fourth-order valence-corrected chi connectivity index (χ4v) is 3.21. The van der Waals surface area contributed by atoms with Gasteiger partial charge in [0.05, 0.1) is 11.3 Å². The highest BCUT2D eigenvalue weighted by molar-refractivity contribution is 5.92. The number of hydrogen-bond acceptors (Lipinski definition) is 5. The Morgan fingerprint density at radius 1 is 1.09 bits per heavy atom. The molecule has 0 unspecified atom stereocenters. The van der Waals surface area contributed by atoms with Crippen molar-refractivity contribution in [1.82, 2.24) is 29.7 Å². The molecule has 3 heterocycles. The van der Waals surface area contributed by atoms with Crippen molar-refractivity contribution < 1.29 is 18.0 Å². The summed E-state index contributed by atoms with van der Waals surface area (Å²) < 4.78 is 42.1. The van der Waals surface area contributed by atoms with Gasteiger partial charge in [-0.3, -0.25) is 14.0 Å². The Bertz CT molecular complexity index is 1360. The maximum atomic E-state index is 13.1. The summed E-state index contributed by atoms with van der Waals surface area (Å²) in [6.07, 6.45) is -2.39. The molecule has 0 aliphatic rings. The first-order valence-corrected chi connectivity index (χ1v) is 9.59. The van der Waals surface area contributed by atoms with Gasteiger partial charge in [-0.25, -0.2) is 4.68 Å². The summed E-state index contributed by atoms with van der Waals surface area (Å²) in [7, 11) is 0. The molecule has 8 nitrogen and oxygen atoms in total. The van der Waals surface area contributed by atoms with Gasteiger partial charge in [-0.1, -0.05) is 12.1 Å². The molecule has 32 heavy (non-hydrogen) atoms. The van der Waals surface area contributed by atoms with E-state index in [1.807, 2.05) is 12.1 Å². The molecule has 1 N–H and O–H groups in total. The van der Waals surface area contributed by atoms with Crippen molar-refractivity contribution in [2.24, 2.45) is 0 Å². The number of carbonyl (C=O) groups excluding carboxylic acids is 1. The third-order valence-corrected chi connectivity index (χ3v) is 4.76. The van der Waals surface area contributed by atoms with Crippen molar-refractivity contribution in [3.63, 3.8) is 0 Å². The summed E-state index contributed by atoms with van der Waals surface area (Å²) in [5, 5.41) is 14.7. The van der Waals surface area contributed by atoms with Gasteiger partial charge in [0, 0.05) is 30.9 Å². The summed E-state index contributed by atoms with van der Waals surface area (Å²) in [4.78, 5) is 24.9. The van der Waals surface area contributed by atoms with E-state index in [0.29, 0.717) is 23.6 Å². The Morgan fingerprint density at radius 2 is 1.91 bits per heavy atom. The van der Waals surface area contributed by atoms with Crippen molar-refractivity contribution >= 4 is 11.6 Å². The van der Waals surface area contributed by atoms with Crippen molar-refractivity contribution in [3.05, 3.63) is 87.7 Å². The van der Waals surface area contributed by atoms with Gasteiger partial charge in [-0.05, 0) is 37.3 Å². The second-order valence-corrected chi connectivity index (χ2v) is 7.01. The van der Waals surface area contributed by atoms with Gasteiger partial charge in [-0.15, -0.1) is 10.2 Å². The van der Waals surface area contributed by atoms with Crippen LogP contribution in [0.15, 0.2) is 59.5 Å². The monoisotopic (exact) mass is 442 g/mol. The molecular formula is C21H17F3N6O2. The lowest BCUT2D eigenvalue weighted by Gasteiger charge is -2.13. The number of alkyl halides is 3. The van der Waals surface area contributed by atoms with E-state index in [-0.39, 0.29) is 12.2 Å². The highest BCUT2D eigenvalue weighted by Crippen LogP contribution is 2.30. The van der Waals surface area contributed by atoms with Crippen molar-refractivity contribution in [3.8, 4) is 5.69 Å². The molecule has 1 amide bonds. The Hall–Kier alpha value is -4.02. The van der Waals surface area contributed by atoms with Crippen molar-refractivity contribution in [1.29, 1.82) is 0 Å². The molecule has 0 spiro atoms. The molecule has 0 radical (unpaired) electrons. The second-order valence-electron chi connectivity index (χ2n) is 7.01. The van der Waals surface area contributed by atoms with E-state index >= 15 is 0 Å². The van der Waals surface area contributed by atoms with Gasteiger partial charge >= 0.3 is 6.18 Å². The lowest BCUT2D eigenvalue weighted by molar-refractivity contribution is -0.137. The van der Waals surface area contributed by atoms with Crippen LogP contribution in [0.25, 0.3) is 11.3 Å². The predicted octanol–water partition coefficient (Wildman–Crippen LogP) is 2.57. The molecule has 0 saturated carbocycles. The molecule has 0 bridgehead atoms. The fourth-order valence-electron chi connectivity index (χ4n) is 3.21. The average Bonchev–Trinajstić information content (AvgIpc) is 3.16. The molecule has 4 rings (SSSR count). The van der Waals surface area contributed by atoms with Crippen LogP contribution in [-0.2, 0) is 12.6 Å². The average molecular weight is 442 g/mol. The third kappa shape index (κ3) is 4.22. The maximum Gasteiger partial charge on any atom is 0.416 e.